The summed E-state index contributed by atoms with van der Waals surface area (Å²) in [5.74, 6) is -3.17. The van der Waals surface area contributed by atoms with Gasteiger partial charge >= 0.3 is 23.9 Å². The molecule has 0 aromatic rings. The van der Waals surface area contributed by atoms with Crippen LogP contribution in [0.3, 0.4) is 0 Å². The van der Waals surface area contributed by atoms with E-state index in [1.54, 1.807) is 0 Å². The molecule has 1 heterocycles. The van der Waals surface area contributed by atoms with Crippen molar-refractivity contribution in [3.8, 4) is 0 Å². The first-order valence-corrected chi connectivity index (χ1v) is 32.2. The zero-order valence-corrected chi connectivity index (χ0v) is 51.0. The second kappa shape index (κ2) is 56.1. The summed E-state index contributed by atoms with van der Waals surface area (Å²) in [5, 5.41) is 31.6. The molecule has 1 fully saturated rings. The number of hydrogen-bond donors (Lipinski definition) is 3. The lowest BCUT2D eigenvalue weighted by Gasteiger charge is -2.40. The van der Waals surface area contributed by atoms with Gasteiger partial charge in [0.25, 0.3) is 0 Å². The van der Waals surface area contributed by atoms with Crippen molar-refractivity contribution in [2.45, 2.75) is 302 Å². The third-order valence-electron chi connectivity index (χ3n) is 14.1. The van der Waals surface area contributed by atoms with Crippen LogP contribution in [0.5, 0.6) is 0 Å². The van der Waals surface area contributed by atoms with Crippen molar-refractivity contribution in [3.63, 3.8) is 0 Å². The molecule has 0 amide bonds. The van der Waals surface area contributed by atoms with Gasteiger partial charge in [0, 0.05) is 19.3 Å². The number of carbonyl (C=O) groups excluding carboxylic acids is 3. The molecule has 3 N–H and O–H groups in total. The van der Waals surface area contributed by atoms with Crippen molar-refractivity contribution in [2.75, 3.05) is 13.2 Å². The van der Waals surface area contributed by atoms with Crippen molar-refractivity contribution in [2.24, 2.45) is 0 Å². The number of ether oxygens (including phenoxy) is 5. The second-order valence-electron chi connectivity index (χ2n) is 21.6. The van der Waals surface area contributed by atoms with Crippen molar-refractivity contribution in [1.29, 1.82) is 0 Å². The fourth-order valence-electron chi connectivity index (χ4n) is 9.25. The number of aliphatic carboxylic acids is 1. The fourth-order valence-corrected chi connectivity index (χ4v) is 9.25. The van der Waals surface area contributed by atoms with Gasteiger partial charge in [-0.3, -0.25) is 14.4 Å². The quantitative estimate of drug-likeness (QED) is 0.0228. The van der Waals surface area contributed by atoms with Crippen molar-refractivity contribution < 1.29 is 58.2 Å². The Morgan fingerprint density at radius 1 is 0.420 bits per heavy atom. The first-order valence-electron chi connectivity index (χ1n) is 32.2. The van der Waals surface area contributed by atoms with Gasteiger partial charge in [-0.1, -0.05) is 227 Å². The van der Waals surface area contributed by atoms with Gasteiger partial charge in [0.2, 0.25) is 0 Å². The molecular formula is C69H114O12. The maximum atomic E-state index is 13.2. The minimum atomic E-state index is -1.92. The average Bonchev–Trinajstić information content (AvgIpc) is 3.53. The van der Waals surface area contributed by atoms with Gasteiger partial charge in [0.15, 0.2) is 24.6 Å². The maximum absolute atomic E-state index is 13.2. The van der Waals surface area contributed by atoms with Crippen LogP contribution in [0.25, 0.3) is 0 Å². The molecule has 0 aromatic carbocycles. The number of esters is 3. The molecule has 0 spiro atoms. The van der Waals surface area contributed by atoms with E-state index in [4.69, 9.17) is 23.7 Å². The third-order valence-corrected chi connectivity index (χ3v) is 14.1. The Labute approximate surface area is 492 Å². The molecule has 1 rings (SSSR count). The summed E-state index contributed by atoms with van der Waals surface area (Å²) in [6, 6.07) is 0. The Morgan fingerprint density at radius 2 is 0.778 bits per heavy atom. The molecule has 0 radical (unpaired) electrons. The predicted molar refractivity (Wildman–Crippen MR) is 331 cm³/mol. The summed E-state index contributed by atoms with van der Waals surface area (Å²) in [5.41, 5.74) is 0. The highest BCUT2D eigenvalue weighted by Gasteiger charge is 2.50. The van der Waals surface area contributed by atoms with Gasteiger partial charge in [-0.15, -0.1) is 0 Å². The van der Waals surface area contributed by atoms with Gasteiger partial charge in [-0.25, -0.2) is 4.79 Å². The Balaban J connectivity index is 2.69. The topological polar surface area (TPSA) is 175 Å². The number of aliphatic hydroxyl groups excluding tert-OH is 2. The van der Waals surface area contributed by atoms with E-state index in [1.807, 2.05) is 0 Å². The zero-order chi connectivity index (χ0) is 58.9. The van der Waals surface area contributed by atoms with Crippen LogP contribution in [0, 0.1) is 0 Å². The van der Waals surface area contributed by atoms with E-state index in [0.717, 1.165) is 148 Å². The Morgan fingerprint density at radius 3 is 1.20 bits per heavy atom. The van der Waals surface area contributed by atoms with E-state index in [9.17, 15) is 34.5 Å². The smallest absolute Gasteiger partial charge is 0.335 e. The van der Waals surface area contributed by atoms with Crippen LogP contribution in [0.4, 0.5) is 0 Å². The molecule has 12 heteroatoms. The molecule has 12 nitrogen and oxygen atoms in total. The minimum absolute atomic E-state index is 0.0427. The van der Waals surface area contributed by atoms with Crippen LogP contribution in [-0.4, -0.2) is 89.2 Å². The molecule has 0 saturated carbocycles. The van der Waals surface area contributed by atoms with Crippen LogP contribution in [0.15, 0.2) is 97.2 Å². The van der Waals surface area contributed by atoms with E-state index in [0.29, 0.717) is 19.3 Å². The summed E-state index contributed by atoms with van der Waals surface area (Å²) in [6.07, 6.45) is 62.2. The van der Waals surface area contributed by atoms with Crippen LogP contribution in [0.1, 0.15) is 265 Å². The average molecular weight is 1140 g/mol. The van der Waals surface area contributed by atoms with E-state index in [2.05, 4.69) is 118 Å². The largest absolute Gasteiger partial charge is 0.479 e. The van der Waals surface area contributed by atoms with E-state index in [-0.39, 0.29) is 25.9 Å². The number of rotatable bonds is 54. The van der Waals surface area contributed by atoms with Gasteiger partial charge in [-0.05, 0) is 116 Å². The first kappa shape index (κ1) is 74.7. The summed E-state index contributed by atoms with van der Waals surface area (Å²) < 4.78 is 28.5. The summed E-state index contributed by atoms with van der Waals surface area (Å²) in [6.45, 7) is 5.76. The van der Waals surface area contributed by atoms with Gasteiger partial charge in [-0.2, -0.15) is 0 Å². The summed E-state index contributed by atoms with van der Waals surface area (Å²) in [7, 11) is 0. The van der Waals surface area contributed by atoms with Crippen molar-refractivity contribution >= 4 is 23.9 Å². The molecule has 6 unspecified atom stereocenters. The number of carboxylic acid groups (broad SMARTS) is 1. The molecule has 0 bridgehead atoms. The first-order chi connectivity index (χ1) is 39.6. The third kappa shape index (κ3) is 45.8. The Hall–Kier alpha value is -4.36. The highest BCUT2D eigenvalue weighted by atomic mass is 16.7. The van der Waals surface area contributed by atoms with Crippen LogP contribution in [0.2, 0.25) is 0 Å². The number of allylic oxidation sites excluding steroid dienone is 16. The highest BCUT2D eigenvalue weighted by Crippen LogP contribution is 2.26. The van der Waals surface area contributed by atoms with Crippen molar-refractivity contribution in [3.05, 3.63) is 97.2 Å². The number of aliphatic hydroxyl groups is 2. The number of carbonyl (C=O) groups is 4. The molecule has 1 aliphatic heterocycles. The predicted octanol–water partition coefficient (Wildman–Crippen LogP) is 17.2. The SMILES string of the molecule is CC/C=C\C/C=C\C/C=C\C/C=C\CCCCCCC(=O)OCC(COC1OC(C(=O)O)C(O)C(O)C1OC(=O)CCCCCCCCC/C=C\C/C=C\C/C=C\CC)OC(=O)CCCCCCCCC/C=C\CCCCCCCC. The number of carboxylic acids is 1. The molecule has 0 aromatic heterocycles. The molecule has 1 saturated heterocycles. The lowest BCUT2D eigenvalue weighted by atomic mass is 9.98. The van der Waals surface area contributed by atoms with Crippen LogP contribution < -0.4 is 0 Å². The van der Waals surface area contributed by atoms with Crippen molar-refractivity contribution in [1.82, 2.24) is 0 Å². The summed E-state index contributed by atoms with van der Waals surface area (Å²) >= 11 is 0. The van der Waals surface area contributed by atoms with Crippen LogP contribution >= 0.6 is 0 Å². The molecule has 81 heavy (non-hydrogen) atoms. The fraction of sp³-hybridized carbons (Fsp3) is 0.710. The van der Waals surface area contributed by atoms with Crippen LogP contribution in [-0.2, 0) is 42.9 Å². The zero-order valence-electron chi connectivity index (χ0n) is 51.0. The number of hydrogen-bond acceptors (Lipinski definition) is 11. The standard InChI is InChI=1S/C69H114O12/c1-4-7-10-13-16-19-22-25-28-31-34-37-40-43-46-49-52-55-61(70)77-58-60(79-62(71)56-53-50-47-44-41-38-35-32-29-26-23-20-17-14-11-8-5-2)59-78-69-67(65(74)64(73)66(81-69)68(75)76)80-63(72)57-54-51-48-45-42-39-36-33-30-27-24-21-18-15-12-9-6-3/h7,9-10,12,16,18-19,21,25-30,34,37,60,64-67,69,73-74H,4-6,8,11,13-15,17,20,22-24,31-33,35-36,38-59H2,1-3H3,(H,75,76)/b10-7-,12-9-,19-16-,21-18-,28-25-,29-26-,30-27-,37-34-. The monoisotopic (exact) mass is 1130 g/mol. The summed E-state index contributed by atoms with van der Waals surface area (Å²) in [4.78, 5) is 51.3. The molecule has 6 atom stereocenters. The van der Waals surface area contributed by atoms with E-state index in [1.165, 1.54) is 57.8 Å². The Bertz CT molecular complexity index is 1780. The normalized spacial score (nSPS) is 18.4. The highest BCUT2D eigenvalue weighted by molar-refractivity contribution is 5.74. The minimum Gasteiger partial charge on any atom is -0.479 e. The van der Waals surface area contributed by atoms with Gasteiger partial charge < -0.3 is 39.0 Å². The second-order valence-corrected chi connectivity index (χ2v) is 21.6. The lowest BCUT2D eigenvalue weighted by Crippen LogP contribution is -2.61. The molecule has 1 aliphatic rings. The Kier molecular flexibility index (Phi) is 51.7. The molecule has 0 aliphatic carbocycles. The number of unbranched alkanes of at least 4 members (excludes halogenated alkanes) is 24. The molecular weight excluding hydrogens is 1020 g/mol. The van der Waals surface area contributed by atoms with Gasteiger partial charge in [0.05, 0.1) is 6.61 Å². The molecule has 462 valence electrons. The van der Waals surface area contributed by atoms with Gasteiger partial charge in [0.1, 0.15) is 18.8 Å². The lowest BCUT2D eigenvalue weighted by molar-refractivity contribution is -0.301. The van der Waals surface area contributed by atoms with E-state index >= 15 is 0 Å². The maximum Gasteiger partial charge on any atom is 0.335 e. The van der Waals surface area contributed by atoms with E-state index < -0.39 is 67.3 Å².